The Labute approximate surface area is 293 Å². The van der Waals surface area contributed by atoms with Gasteiger partial charge in [0.1, 0.15) is 36.6 Å². The van der Waals surface area contributed by atoms with Gasteiger partial charge in [0.2, 0.25) is 5.91 Å². The summed E-state index contributed by atoms with van der Waals surface area (Å²) >= 11 is 0. The zero-order valence-corrected chi connectivity index (χ0v) is 29.2. The number of unbranched alkanes of at least 4 members (excludes halogenated alkanes) is 1. The lowest BCUT2D eigenvalue weighted by molar-refractivity contribution is -0.145. The number of carbonyl (C=O) groups excluding carboxylic acids is 4. The van der Waals surface area contributed by atoms with E-state index in [2.05, 4.69) is 34.7 Å². The van der Waals surface area contributed by atoms with E-state index in [0.29, 0.717) is 31.7 Å². The minimum atomic E-state index is -1.03. The van der Waals surface area contributed by atoms with Crippen LogP contribution in [-0.4, -0.2) is 68.6 Å². The molecule has 0 fully saturated rings. The molecule has 0 spiro atoms. The number of ether oxygens (including phenoxy) is 4. The van der Waals surface area contributed by atoms with Crippen molar-refractivity contribution in [1.82, 2.24) is 16.0 Å². The number of fused-ring (bicyclic) bond motifs is 3. The molecule has 50 heavy (non-hydrogen) atoms. The first-order valence-electron chi connectivity index (χ1n) is 16.8. The maximum atomic E-state index is 13.7. The van der Waals surface area contributed by atoms with Crippen molar-refractivity contribution in [2.45, 2.75) is 70.1 Å². The second-order valence-corrected chi connectivity index (χ2v) is 13.0. The molecule has 11 nitrogen and oxygen atoms in total. The molecule has 0 bridgehead atoms. The normalized spacial score (nSPS) is 13.1. The molecule has 0 saturated heterocycles. The van der Waals surface area contributed by atoms with Gasteiger partial charge in [-0.1, -0.05) is 73.3 Å². The number of rotatable bonds is 16. The van der Waals surface area contributed by atoms with Crippen molar-refractivity contribution in [2.75, 3.05) is 26.9 Å². The highest BCUT2D eigenvalue weighted by Crippen LogP contribution is 2.44. The molecule has 3 amide bonds. The van der Waals surface area contributed by atoms with Crippen LogP contribution in [-0.2, 0) is 30.2 Å². The first-order valence-corrected chi connectivity index (χ1v) is 16.8. The summed E-state index contributed by atoms with van der Waals surface area (Å²) in [5, 5.41) is 8.17. The van der Waals surface area contributed by atoms with E-state index in [1.807, 2.05) is 36.4 Å². The smallest absolute Gasteiger partial charge is 0.407 e. The molecule has 1 aliphatic rings. The highest BCUT2D eigenvalue weighted by molar-refractivity contribution is 5.90. The molecule has 0 aliphatic heterocycles. The zero-order valence-electron chi connectivity index (χ0n) is 29.2. The average Bonchev–Trinajstić information content (AvgIpc) is 3.41. The van der Waals surface area contributed by atoms with Gasteiger partial charge in [-0.3, -0.25) is 4.79 Å². The van der Waals surface area contributed by atoms with Crippen LogP contribution in [0.2, 0.25) is 0 Å². The molecule has 4 rings (SSSR count). The van der Waals surface area contributed by atoms with Crippen molar-refractivity contribution in [3.8, 4) is 16.9 Å². The van der Waals surface area contributed by atoms with E-state index in [0.717, 1.165) is 27.8 Å². The summed E-state index contributed by atoms with van der Waals surface area (Å²) in [6.45, 7) is 9.72. The predicted molar refractivity (Wildman–Crippen MR) is 190 cm³/mol. The molecule has 3 aromatic rings. The number of esters is 1. The molecular weight excluding hydrogens is 638 g/mol. The highest BCUT2D eigenvalue weighted by Gasteiger charge is 2.31. The molecule has 0 radical (unpaired) electrons. The summed E-state index contributed by atoms with van der Waals surface area (Å²) in [6.07, 6.45) is 1.69. The van der Waals surface area contributed by atoms with E-state index in [9.17, 15) is 19.2 Å². The Kier molecular flexibility index (Phi) is 13.4. The van der Waals surface area contributed by atoms with Gasteiger partial charge < -0.3 is 34.9 Å². The summed E-state index contributed by atoms with van der Waals surface area (Å²) in [4.78, 5) is 51.7. The van der Waals surface area contributed by atoms with Crippen LogP contribution in [0, 0.1) is 0 Å². The third kappa shape index (κ3) is 10.8. The van der Waals surface area contributed by atoms with Crippen molar-refractivity contribution in [1.29, 1.82) is 0 Å². The van der Waals surface area contributed by atoms with Crippen LogP contribution in [0.15, 0.2) is 85.5 Å². The van der Waals surface area contributed by atoms with Gasteiger partial charge in [-0.05, 0) is 80.0 Å². The second kappa shape index (κ2) is 17.9. The number of hydrogen-bond donors (Lipinski definition) is 3. The molecule has 3 aromatic carbocycles. The molecule has 0 saturated carbocycles. The van der Waals surface area contributed by atoms with Gasteiger partial charge in [0.15, 0.2) is 0 Å². The second-order valence-electron chi connectivity index (χ2n) is 13.0. The Morgan fingerprint density at radius 2 is 1.48 bits per heavy atom. The summed E-state index contributed by atoms with van der Waals surface area (Å²) in [6, 6.07) is 21.1. The lowest BCUT2D eigenvalue weighted by Gasteiger charge is -2.23. The fourth-order valence-electron chi connectivity index (χ4n) is 5.75. The fourth-order valence-corrected chi connectivity index (χ4v) is 5.75. The van der Waals surface area contributed by atoms with E-state index < -0.39 is 41.7 Å². The number of alkyl carbamates (subject to hydrolysis) is 2. The largest absolute Gasteiger partial charge is 0.490 e. The molecule has 266 valence electrons. The SMILES string of the molecule is C=CCOc1ccc(C[C@H](NC(=O)[C@@H](CCCCNC(=O)OC(C)(C)C)NC(=O)OCC2c3ccccc3-c3ccccc32)C(=O)OC)cc1. The number of amides is 3. The Morgan fingerprint density at radius 1 is 0.840 bits per heavy atom. The summed E-state index contributed by atoms with van der Waals surface area (Å²) in [5.41, 5.74) is 4.46. The average molecular weight is 686 g/mol. The van der Waals surface area contributed by atoms with Crippen LogP contribution in [0.1, 0.15) is 62.6 Å². The van der Waals surface area contributed by atoms with E-state index >= 15 is 0 Å². The number of methoxy groups -OCH3 is 1. The minimum Gasteiger partial charge on any atom is -0.490 e. The van der Waals surface area contributed by atoms with E-state index in [1.54, 1.807) is 51.1 Å². The fraction of sp³-hybridized carbons (Fsp3) is 0.385. The number of benzene rings is 3. The van der Waals surface area contributed by atoms with Crippen LogP contribution in [0.25, 0.3) is 11.1 Å². The summed E-state index contributed by atoms with van der Waals surface area (Å²) < 4.78 is 21.5. The molecule has 0 unspecified atom stereocenters. The predicted octanol–water partition coefficient (Wildman–Crippen LogP) is 6.05. The first kappa shape index (κ1) is 37.5. The maximum Gasteiger partial charge on any atom is 0.407 e. The lowest BCUT2D eigenvalue weighted by Crippen LogP contribution is -2.52. The number of nitrogens with one attached hydrogen (secondary N) is 3. The summed E-state index contributed by atoms with van der Waals surface area (Å²) in [7, 11) is 1.25. The maximum absolute atomic E-state index is 13.7. The van der Waals surface area contributed by atoms with Crippen molar-refractivity contribution < 1.29 is 38.1 Å². The molecule has 1 aliphatic carbocycles. The molecule has 0 aromatic heterocycles. The van der Waals surface area contributed by atoms with Crippen molar-refractivity contribution >= 4 is 24.1 Å². The van der Waals surface area contributed by atoms with Crippen molar-refractivity contribution in [3.05, 3.63) is 102 Å². The lowest BCUT2D eigenvalue weighted by atomic mass is 9.98. The minimum absolute atomic E-state index is 0.0747. The van der Waals surface area contributed by atoms with Crippen LogP contribution < -0.4 is 20.7 Å². The molecule has 2 atom stereocenters. The Bertz CT molecular complexity index is 1590. The van der Waals surface area contributed by atoms with Gasteiger partial charge in [0, 0.05) is 18.9 Å². The van der Waals surface area contributed by atoms with Crippen LogP contribution >= 0.6 is 0 Å². The van der Waals surface area contributed by atoms with E-state index in [4.69, 9.17) is 18.9 Å². The zero-order chi connectivity index (χ0) is 36.1. The quantitative estimate of drug-likeness (QED) is 0.0716. The van der Waals surface area contributed by atoms with Gasteiger partial charge in [0.25, 0.3) is 0 Å². The third-order valence-electron chi connectivity index (χ3n) is 8.07. The summed E-state index contributed by atoms with van der Waals surface area (Å²) in [5.74, 6) is -0.718. The first-order chi connectivity index (χ1) is 24.0. The molecule has 3 N–H and O–H groups in total. The van der Waals surface area contributed by atoms with Gasteiger partial charge in [-0.2, -0.15) is 0 Å². The topological polar surface area (TPSA) is 141 Å². The van der Waals surface area contributed by atoms with Crippen molar-refractivity contribution in [2.24, 2.45) is 0 Å². The monoisotopic (exact) mass is 685 g/mol. The van der Waals surface area contributed by atoms with Crippen LogP contribution in [0.5, 0.6) is 5.75 Å². The standard InChI is InChI=1S/C39H47N3O8/c1-6-23-48-27-20-18-26(19-21-27)24-34(36(44)47-5)41-35(43)33(17-11-12-22-40-37(45)50-39(2,3)4)42-38(46)49-25-32-30-15-9-7-13-28(30)29-14-8-10-16-31(29)32/h6-10,13-16,18-21,32-34H,1,11-12,17,22-25H2,2-5H3,(H,40,45)(H,41,43)(H,42,46)/t33-,34+/m1/s1. The Morgan fingerprint density at radius 3 is 2.08 bits per heavy atom. The highest BCUT2D eigenvalue weighted by atomic mass is 16.6. The Hall–Kier alpha value is -5.32. The van der Waals surface area contributed by atoms with Gasteiger partial charge >= 0.3 is 18.2 Å². The van der Waals surface area contributed by atoms with E-state index in [1.165, 1.54) is 7.11 Å². The van der Waals surface area contributed by atoms with Gasteiger partial charge in [-0.15, -0.1) is 0 Å². The van der Waals surface area contributed by atoms with Crippen molar-refractivity contribution in [3.63, 3.8) is 0 Å². The Balaban J connectivity index is 1.41. The van der Waals surface area contributed by atoms with Crippen LogP contribution in [0.3, 0.4) is 0 Å². The molecule has 0 heterocycles. The third-order valence-corrected chi connectivity index (χ3v) is 8.07. The molecular formula is C39H47N3O8. The number of carbonyl (C=O) groups is 4. The van der Waals surface area contributed by atoms with E-state index in [-0.39, 0.29) is 25.4 Å². The van der Waals surface area contributed by atoms with Gasteiger partial charge in [-0.25, -0.2) is 14.4 Å². The molecule has 11 heteroatoms. The van der Waals surface area contributed by atoms with Gasteiger partial charge in [0.05, 0.1) is 7.11 Å². The van der Waals surface area contributed by atoms with Crippen LogP contribution in [0.4, 0.5) is 9.59 Å². The number of hydrogen-bond acceptors (Lipinski definition) is 8.